The molecule has 2 aromatic heterocycles. The number of nitrogens with zero attached hydrogens (tertiary/aromatic N) is 2. The molecular formula is C27H24N2O4. The van der Waals surface area contributed by atoms with Crippen molar-refractivity contribution in [2.75, 3.05) is 21.3 Å². The van der Waals surface area contributed by atoms with Gasteiger partial charge in [0.2, 0.25) is 0 Å². The second-order valence-electron chi connectivity index (χ2n) is 7.19. The van der Waals surface area contributed by atoms with Crippen molar-refractivity contribution < 1.29 is 19.0 Å². The summed E-state index contributed by atoms with van der Waals surface area (Å²) in [6.45, 7) is 0. The van der Waals surface area contributed by atoms with Gasteiger partial charge < -0.3 is 14.2 Å². The summed E-state index contributed by atoms with van der Waals surface area (Å²) in [5.74, 6) is 1.90. The monoisotopic (exact) mass is 440 g/mol. The Morgan fingerprint density at radius 1 is 0.848 bits per heavy atom. The molecule has 4 rings (SSSR count). The number of allylic oxidation sites excluding steroid dienone is 2. The van der Waals surface area contributed by atoms with Crippen LogP contribution in [0, 0.1) is 0 Å². The van der Waals surface area contributed by atoms with E-state index in [1.54, 1.807) is 33.5 Å². The Balaban J connectivity index is 1.66. The van der Waals surface area contributed by atoms with Crippen LogP contribution in [0.1, 0.15) is 11.3 Å². The van der Waals surface area contributed by atoms with Crippen LogP contribution in [-0.4, -0.2) is 36.5 Å². The van der Waals surface area contributed by atoms with Crippen molar-refractivity contribution >= 4 is 23.6 Å². The normalized spacial score (nSPS) is 11.4. The molecule has 33 heavy (non-hydrogen) atoms. The van der Waals surface area contributed by atoms with Gasteiger partial charge in [0.1, 0.15) is 11.4 Å². The molecule has 166 valence electrons. The van der Waals surface area contributed by atoms with Crippen LogP contribution < -0.4 is 14.2 Å². The van der Waals surface area contributed by atoms with E-state index in [9.17, 15) is 4.79 Å². The summed E-state index contributed by atoms with van der Waals surface area (Å²) >= 11 is 0. The van der Waals surface area contributed by atoms with Gasteiger partial charge in [-0.15, -0.1) is 0 Å². The first-order valence-electron chi connectivity index (χ1n) is 10.4. The molecule has 4 aromatic rings. The molecule has 2 heterocycles. The van der Waals surface area contributed by atoms with E-state index in [-0.39, 0.29) is 5.78 Å². The van der Waals surface area contributed by atoms with Gasteiger partial charge in [0.05, 0.1) is 32.7 Å². The van der Waals surface area contributed by atoms with Crippen LogP contribution in [0.5, 0.6) is 17.2 Å². The molecular weight excluding hydrogens is 416 g/mol. The third kappa shape index (κ3) is 4.80. The zero-order valence-electron chi connectivity index (χ0n) is 18.7. The fourth-order valence-corrected chi connectivity index (χ4v) is 3.51. The van der Waals surface area contributed by atoms with Gasteiger partial charge in [0.25, 0.3) is 0 Å². The lowest BCUT2D eigenvalue weighted by molar-refractivity contribution is -0.110. The first-order valence-corrected chi connectivity index (χ1v) is 10.4. The number of rotatable bonds is 8. The number of carbonyl (C=O) groups excluding carboxylic acids is 1. The molecule has 0 spiro atoms. The third-order valence-electron chi connectivity index (χ3n) is 5.18. The van der Waals surface area contributed by atoms with Crippen LogP contribution in [0.2, 0.25) is 0 Å². The standard InChI is InChI=1S/C27H24N2O4/c1-31-22-13-8-19(9-14-22)7-11-21(30)12-15-23-27(29-17-5-4-6-26(29)28-23)20-10-16-24(32-2)25(18-20)33-3/h4-18H,1-3H3/b11-7+,15-12+. The Kier molecular flexibility index (Phi) is 6.55. The van der Waals surface area contributed by atoms with Crippen LogP contribution in [-0.2, 0) is 4.79 Å². The van der Waals surface area contributed by atoms with Crippen molar-refractivity contribution in [1.29, 1.82) is 0 Å². The van der Waals surface area contributed by atoms with Gasteiger partial charge in [-0.25, -0.2) is 4.98 Å². The lowest BCUT2D eigenvalue weighted by Crippen LogP contribution is -1.93. The average molecular weight is 440 g/mol. The quantitative estimate of drug-likeness (QED) is 0.347. The van der Waals surface area contributed by atoms with Gasteiger partial charge in [-0.05, 0) is 66.3 Å². The topological polar surface area (TPSA) is 62.1 Å². The Labute approximate surface area is 192 Å². The first-order chi connectivity index (χ1) is 16.1. The fourth-order valence-electron chi connectivity index (χ4n) is 3.51. The summed E-state index contributed by atoms with van der Waals surface area (Å²) in [5.41, 5.74) is 4.13. The van der Waals surface area contributed by atoms with Crippen molar-refractivity contribution in [3.8, 4) is 28.5 Å². The summed E-state index contributed by atoms with van der Waals surface area (Å²) in [6.07, 6.45) is 8.50. The van der Waals surface area contributed by atoms with Crippen LogP contribution >= 0.6 is 0 Å². The zero-order valence-corrected chi connectivity index (χ0v) is 18.7. The molecule has 0 saturated heterocycles. The molecule has 0 N–H and O–H groups in total. The second kappa shape index (κ2) is 9.87. The molecule has 0 atom stereocenters. The Hall–Kier alpha value is -4.32. The van der Waals surface area contributed by atoms with Crippen molar-refractivity contribution in [1.82, 2.24) is 9.38 Å². The Bertz CT molecular complexity index is 1330. The maximum absolute atomic E-state index is 12.5. The van der Waals surface area contributed by atoms with E-state index in [0.29, 0.717) is 17.2 Å². The number of imidazole rings is 1. The van der Waals surface area contributed by atoms with Gasteiger partial charge in [0.15, 0.2) is 17.3 Å². The molecule has 6 nitrogen and oxygen atoms in total. The smallest absolute Gasteiger partial charge is 0.178 e. The minimum absolute atomic E-state index is 0.138. The van der Waals surface area contributed by atoms with E-state index in [1.165, 1.54) is 12.2 Å². The number of ether oxygens (including phenoxy) is 3. The minimum atomic E-state index is -0.138. The number of methoxy groups -OCH3 is 3. The number of carbonyl (C=O) groups is 1. The molecule has 0 fully saturated rings. The first kappa shape index (κ1) is 21.9. The predicted molar refractivity (Wildman–Crippen MR) is 130 cm³/mol. The highest BCUT2D eigenvalue weighted by atomic mass is 16.5. The highest BCUT2D eigenvalue weighted by Gasteiger charge is 2.15. The predicted octanol–water partition coefficient (Wildman–Crippen LogP) is 5.32. The molecule has 0 saturated carbocycles. The SMILES string of the molecule is COc1ccc(/C=C/C(=O)/C=C/c2nc3ccccn3c2-c2ccc(OC)c(OC)c2)cc1. The molecule has 0 aliphatic carbocycles. The number of pyridine rings is 1. The van der Waals surface area contributed by atoms with Gasteiger partial charge in [0, 0.05) is 11.8 Å². The Morgan fingerprint density at radius 3 is 2.33 bits per heavy atom. The van der Waals surface area contributed by atoms with Crippen molar-refractivity contribution in [2.24, 2.45) is 0 Å². The molecule has 0 aliphatic heterocycles. The number of hydrogen-bond donors (Lipinski definition) is 0. The largest absolute Gasteiger partial charge is 0.497 e. The Morgan fingerprint density at radius 2 is 1.61 bits per heavy atom. The van der Waals surface area contributed by atoms with Crippen LogP contribution in [0.3, 0.4) is 0 Å². The molecule has 0 amide bonds. The van der Waals surface area contributed by atoms with Gasteiger partial charge >= 0.3 is 0 Å². The third-order valence-corrected chi connectivity index (χ3v) is 5.18. The van der Waals surface area contributed by atoms with E-state index in [4.69, 9.17) is 19.2 Å². The molecule has 0 unspecified atom stereocenters. The molecule has 0 bridgehead atoms. The lowest BCUT2D eigenvalue weighted by atomic mass is 10.1. The summed E-state index contributed by atoms with van der Waals surface area (Å²) in [6, 6.07) is 19.0. The van der Waals surface area contributed by atoms with Crippen molar-refractivity contribution in [3.05, 3.63) is 90.3 Å². The van der Waals surface area contributed by atoms with E-state index in [1.807, 2.05) is 71.3 Å². The van der Waals surface area contributed by atoms with Crippen LogP contribution in [0.4, 0.5) is 0 Å². The molecule has 0 radical (unpaired) electrons. The number of hydrogen-bond acceptors (Lipinski definition) is 5. The van der Waals surface area contributed by atoms with E-state index in [0.717, 1.165) is 28.2 Å². The summed E-state index contributed by atoms with van der Waals surface area (Å²) in [4.78, 5) is 17.2. The van der Waals surface area contributed by atoms with Crippen molar-refractivity contribution in [3.63, 3.8) is 0 Å². The highest BCUT2D eigenvalue weighted by Crippen LogP contribution is 2.34. The summed E-state index contributed by atoms with van der Waals surface area (Å²) in [7, 11) is 4.82. The summed E-state index contributed by atoms with van der Waals surface area (Å²) < 4.78 is 18.0. The number of ketones is 1. The van der Waals surface area contributed by atoms with E-state index < -0.39 is 0 Å². The summed E-state index contributed by atoms with van der Waals surface area (Å²) in [5, 5.41) is 0. The van der Waals surface area contributed by atoms with Gasteiger partial charge in [-0.1, -0.05) is 24.3 Å². The van der Waals surface area contributed by atoms with Gasteiger partial charge in [-0.2, -0.15) is 0 Å². The van der Waals surface area contributed by atoms with Crippen LogP contribution in [0.25, 0.3) is 29.1 Å². The average Bonchev–Trinajstić information content (AvgIpc) is 3.24. The molecule has 0 aliphatic rings. The zero-order chi connectivity index (χ0) is 23.2. The van der Waals surface area contributed by atoms with Gasteiger partial charge in [-0.3, -0.25) is 9.20 Å². The van der Waals surface area contributed by atoms with Crippen molar-refractivity contribution in [2.45, 2.75) is 0 Å². The minimum Gasteiger partial charge on any atom is -0.497 e. The highest BCUT2D eigenvalue weighted by molar-refractivity contribution is 6.04. The number of aromatic nitrogens is 2. The molecule has 2 aromatic carbocycles. The van der Waals surface area contributed by atoms with E-state index in [2.05, 4.69) is 0 Å². The van der Waals surface area contributed by atoms with E-state index >= 15 is 0 Å². The molecule has 6 heteroatoms. The number of benzene rings is 2. The van der Waals surface area contributed by atoms with Crippen LogP contribution in [0.15, 0.2) is 79.0 Å². The maximum atomic E-state index is 12.5. The second-order valence-corrected chi connectivity index (χ2v) is 7.19. The number of fused-ring (bicyclic) bond motifs is 1. The maximum Gasteiger partial charge on any atom is 0.178 e. The lowest BCUT2D eigenvalue weighted by Gasteiger charge is -2.10. The fraction of sp³-hybridized carbons (Fsp3) is 0.111.